The maximum absolute atomic E-state index is 5.00. The van der Waals surface area contributed by atoms with Gasteiger partial charge in [0.15, 0.2) is 0 Å². The zero-order valence-corrected chi connectivity index (χ0v) is 15.9. The highest BCUT2D eigenvalue weighted by atomic mass is 32.2. The van der Waals surface area contributed by atoms with Gasteiger partial charge in [-0.2, -0.15) is 5.10 Å². The minimum Gasteiger partial charge on any atom is -0.257 e. The SMILES string of the molecule is CSc1ccc(C2CC(c3ccc(C)cc3)=NN2c2ccccc2)cc1. The van der Waals surface area contributed by atoms with Gasteiger partial charge in [0.05, 0.1) is 17.4 Å². The summed E-state index contributed by atoms with van der Waals surface area (Å²) in [5.74, 6) is 0. The Morgan fingerprint density at radius 3 is 2.23 bits per heavy atom. The molecular formula is C23H22N2S. The zero-order chi connectivity index (χ0) is 17.9. The van der Waals surface area contributed by atoms with Crippen molar-refractivity contribution in [2.45, 2.75) is 24.3 Å². The summed E-state index contributed by atoms with van der Waals surface area (Å²) in [4.78, 5) is 1.29. The normalized spacial score (nSPS) is 16.6. The highest BCUT2D eigenvalue weighted by molar-refractivity contribution is 7.98. The lowest BCUT2D eigenvalue weighted by molar-refractivity contribution is 0.708. The summed E-state index contributed by atoms with van der Waals surface area (Å²) in [5, 5.41) is 7.17. The molecule has 0 aliphatic carbocycles. The molecule has 3 heteroatoms. The van der Waals surface area contributed by atoms with Gasteiger partial charge in [-0.3, -0.25) is 5.01 Å². The Balaban J connectivity index is 1.71. The minimum absolute atomic E-state index is 0.226. The fraction of sp³-hybridized carbons (Fsp3) is 0.174. The molecule has 0 radical (unpaired) electrons. The number of nitrogens with zero attached hydrogens (tertiary/aromatic N) is 2. The Morgan fingerprint density at radius 1 is 0.885 bits per heavy atom. The number of anilines is 1. The fourth-order valence-corrected chi connectivity index (χ4v) is 3.74. The van der Waals surface area contributed by atoms with Crippen molar-refractivity contribution in [1.29, 1.82) is 0 Å². The smallest absolute Gasteiger partial charge is 0.0831 e. The van der Waals surface area contributed by atoms with E-state index >= 15 is 0 Å². The molecule has 0 fully saturated rings. The highest BCUT2D eigenvalue weighted by Crippen LogP contribution is 2.37. The first-order valence-electron chi connectivity index (χ1n) is 8.87. The second kappa shape index (κ2) is 7.38. The first-order valence-corrected chi connectivity index (χ1v) is 10.1. The Morgan fingerprint density at radius 2 is 1.58 bits per heavy atom. The average molecular weight is 359 g/mol. The van der Waals surface area contributed by atoms with Crippen LogP contribution in [-0.4, -0.2) is 12.0 Å². The lowest BCUT2D eigenvalue weighted by atomic mass is 9.98. The van der Waals surface area contributed by atoms with E-state index in [1.807, 2.05) is 6.07 Å². The molecule has 3 aromatic carbocycles. The summed E-state index contributed by atoms with van der Waals surface area (Å²) in [6.45, 7) is 2.12. The molecule has 1 aliphatic heterocycles. The number of thioether (sulfide) groups is 1. The molecule has 0 saturated carbocycles. The van der Waals surface area contributed by atoms with Crippen LogP contribution in [0.4, 0.5) is 5.69 Å². The van der Waals surface area contributed by atoms with E-state index < -0.39 is 0 Å². The maximum Gasteiger partial charge on any atom is 0.0831 e. The van der Waals surface area contributed by atoms with E-state index in [1.54, 1.807) is 11.8 Å². The lowest BCUT2D eigenvalue weighted by Gasteiger charge is -2.24. The second-order valence-electron chi connectivity index (χ2n) is 6.59. The molecule has 0 spiro atoms. The van der Waals surface area contributed by atoms with Crippen LogP contribution in [0.3, 0.4) is 0 Å². The summed E-state index contributed by atoms with van der Waals surface area (Å²) >= 11 is 1.77. The highest BCUT2D eigenvalue weighted by Gasteiger charge is 2.29. The Hall–Kier alpha value is -2.52. The number of hydrazone groups is 1. The third kappa shape index (κ3) is 3.40. The number of hydrogen-bond acceptors (Lipinski definition) is 3. The van der Waals surface area contributed by atoms with Gasteiger partial charge in [0.1, 0.15) is 0 Å². The number of hydrogen-bond donors (Lipinski definition) is 0. The van der Waals surface area contributed by atoms with Crippen molar-refractivity contribution in [3.05, 3.63) is 95.6 Å². The van der Waals surface area contributed by atoms with E-state index in [4.69, 9.17) is 5.10 Å². The second-order valence-corrected chi connectivity index (χ2v) is 7.47. The topological polar surface area (TPSA) is 15.6 Å². The number of benzene rings is 3. The van der Waals surface area contributed by atoms with Crippen molar-refractivity contribution in [2.75, 3.05) is 11.3 Å². The van der Waals surface area contributed by atoms with E-state index in [0.717, 1.165) is 17.8 Å². The van der Waals surface area contributed by atoms with Crippen LogP contribution in [0, 0.1) is 6.92 Å². The molecule has 0 N–H and O–H groups in total. The molecule has 2 nitrogen and oxygen atoms in total. The van der Waals surface area contributed by atoms with E-state index in [9.17, 15) is 0 Å². The van der Waals surface area contributed by atoms with Gasteiger partial charge in [-0.1, -0.05) is 60.2 Å². The molecular weight excluding hydrogens is 336 g/mol. The van der Waals surface area contributed by atoms with Gasteiger partial charge in [0, 0.05) is 11.3 Å². The molecule has 0 bridgehead atoms. The van der Waals surface area contributed by atoms with Gasteiger partial charge >= 0.3 is 0 Å². The minimum atomic E-state index is 0.226. The third-order valence-corrected chi connectivity index (χ3v) is 5.56. The monoisotopic (exact) mass is 358 g/mol. The molecule has 130 valence electrons. The Bertz CT molecular complexity index is 899. The van der Waals surface area contributed by atoms with Crippen LogP contribution in [0.2, 0.25) is 0 Å². The number of rotatable bonds is 4. The summed E-state index contributed by atoms with van der Waals surface area (Å²) in [6.07, 6.45) is 3.02. The van der Waals surface area contributed by atoms with Crippen molar-refractivity contribution in [3.8, 4) is 0 Å². The summed E-state index contributed by atoms with van der Waals surface area (Å²) in [6, 6.07) is 28.2. The van der Waals surface area contributed by atoms with Crippen molar-refractivity contribution in [1.82, 2.24) is 0 Å². The average Bonchev–Trinajstić information content (AvgIpc) is 3.15. The van der Waals surface area contributed by atoms with Crippen molar-refractivity contribution in [3.63, 3.8) is 0 Å². The quantitative estimate of drug-likeness (QED) is 0.526. The molecule has 0 amide bonds. The molecule has 4 rings (SSSR count). The van der Waals surface area contributed by atoms with Gasteiger partial charge in [0.2, 0.25) is 0 Å². The molecule has 1 unspecified atom stereocenters. The van der Waals surface area contributed by atoms with Crippen molar-refractivity contribution >= 4 is 23.2 Å². The van der Waals surface area contributed by atoms with Crippen LogP contribution in [-0.2, 0) is 0 Å². The molecule has 1 aliphatic rings. The van der Waals surface area contributed by atoms with E-state index in [0.29, 0.717) is 0 Å². The van der Waals surface area contributed by atoms with Crippen LogP contribution in [0.1, 0.15) is 29.2 Å². The first-order chi connectivity index (χ1) is 12.7. The number of para-hydroxylation sites is 1. The van der Waals surface area contributed by atoms with E-state index in [1.165, 1.54) is 21.6 Å². The predicted octanol–water partition coefficient (Wildman–Crippen LogP) is 6.07. The van der Waals surface area contributed by atoms with Gasteiger partial charge < -0.3 is 0 Å². The van der Waals surface area contributed by atoms with Gasteiger partial charge in [0.25, 0.3) is 0 Å². The molecule has 1 heterocycles. The van der Waals surface area contributed by atoms with E-state index in [-0.39, 0.29) is 6.04 Å². The Labute approximate surface area is 159 Å². The summed E-state index contributed by atoms with van der Waals surface area (Å²) in [7, 11) is 0. The molecule has 3 aromatic rings. The van der Waals surface area contributed by atoms with Crippen LogP contribution in [0.5, 0.6) is 0 Å². The Kier molecular flexibility index (Phi) is 4.81. The standard InChI is InChI=1S/C23H22N2S/c1-17-8-10-18(11-9-17)22-16-23(19-12-14-21(26-2)15-13-19)25(24-22)20-6-4-3-5-7-20/h3-15,23H,16H2,1-2H3. The largest absolute Gasteiger partial charge is 0.257 e. The van der Waals surface area contributed by atoms with Gasteiger partial charge in [-0.25, -0.2) is 0 Å². The van der Waals surface area contributed by atoms with Gasteiger partial charge in [-0.05, 0) is 48.6 Å². The van der Waals surface area contributed by atoms with Crippen LogP contribution >= 0.6 is 11.8 Å². The van der Waals surface area contributed by atoms with Crippen molar-refractivity contribution < 1.29 is 0 Å². The van der Waals surface area contributed by atoms with Crippen molar-refractivity contribution in [2.24, 2.45) is 5.10 Å². The van der Waals surface area contributed by atoms with E-state index in [2.05, 4.69) is 91.0 Å². The third-order valence-electron chi connectivity index (χ3n) is 4.82. The van der Waals surface area contributed by atoms with Crippen LogP contribution < -0.4 is 5.01 Å². The molecule has 0 saturated heterocycles. The van der Waals surface area contributed by atoms with Gasteiger partial charge in [-0.15, -0.1) is 11.8 Å². The lowest BCUT2D eigenvalue weighted by Crippen LogP contribution is -2.18. The number of aryl methyl sites for hydroxylation is 1. The maximum atomic E-state index is 5.00. The molecule has 26 heavy (non-hydrogen) atoms. The van der Waals surface area contributed by atoms with Crippen LogP contribution in [0.25, 0.3) is 0 Å². The fourth-order valence-electron chi connectivity index (χ4n) is 3.34. The summed E-state index contributed by atoms with van der Waals surface area (Å²) < 4.78 is 0. The molecule has 1 atom stereocenters. The predicted molar refractivity (Wildman–Crippen MR) is 112 cm³/mol. The first kappa shape index (κ1) is 16.9. The zero-order valence-electron chi connectivity index (χ0n) is 15.1. The van der Waals surface area contributed by atoms with Crippen LogP contribution in [0.15, 0.2) is 88.9 Å². The molecule has 0 aromatic heterocycles. The summed E-state index contributed by atoms with van der Waals surface area (Å²) in [5.41, 5.74) is 6.06.